The summed E-state index contributed by atoms with van der Waals surface area (Å²) >= 11 is 0. The van der Waals surface area contributed by atoms with Crippen molar-refractivity contribution in [3.05, 3.63) is 78.4 Å². The fourth-order valence-corrected chi connectivity index (χ4v) is 2.50. The van der Waals surface area contributed by atoms with E-state index in [-0.39, 0.29) is 5.75 Å². The normalized spacial score (nSPS) is 11.3. The summed E-state index contributed by atoms with van der Waals surface area (Å²) in [4.78, 5) is 12.4. The Morgan fingerprint density at radius 3 is 2.38 bits per heavy atom. The highest BCUT2D eigenvalue weighted by atomic mass is 16.3. The van der Waals surface area contributed by atoms with Crippen molar-refractivity contribution >= 4 is 22.9 Å². The Balaban J connectivity index is 1.57. The van der Waals surface area contributed by atoms with Gasteiger partial charge in [-0.1, -0.05) is 12.1 Å². The minimum Gasteiger partial charge on any atom is -0.508 e. The monoisotopic (exact) mass is 313 g/mol. The molecule has 0 aliphatic rings. The van der Waals surface area contributed by atoms with Crippen LogP contribution in [0.2, 0.25) is 0 Å². The van der Waals surface area contributed by atoms with Crippen molar-refractivity contribution in [3.8, 4) is 17.1 Å². The van der Waals surface area contributed by atoms with Crippen LogP contribution in [0.15, 0.2) is 77.8 Å². The van der Waals surface area contributed by atoms with Crippen LogP contribution >= 0.6 is 0 Å². The fourth-order valence-electron chi connectivity index (χ4n) is 2.50. The van der Waals surface area contributed by atoms with Crippen LogP contribution in [0, 0.1) is 0 Å². The minimum atomic E-state index is 0.252. The zero-order valence-corrected chi connectivity index (χ0v) is 12.8. The molecule has 116 valence electrons. The van der Waals surface area contributed by atoms with Crippen LogP contribution in [0.25, 0.3) is 22.4 Å². The molecule has 0 bridgehead atoms. The summed E-state index contributed by atoms with van der Waals surface area (Å²) in [5.74, 6) is 1.10. The van der Waals surface area contributed by atoms with Crippen molar-refractivity contribution in [3.63, 3.8) is 0 Å². The Kier molecular flexibility index (Phi) is 3.56. The van der Waals surface area contributed by atoms with Gasteiger partial charge in [0.1, 0.15) is 11.6 Å². The number of hydrogen-bond donors (Lipinski definition) is 2. The van der Waals surface area contributed by atoms with E-state index in [1.165, 1.54) is 0 Å². The number of imidazole rings is 1. The van der Waals surface area contributed by atoms with E-state index in [2.05, 4.69) is 15.0 Å². The van der Waals surface area contributed by atoms with Gasteiger partial charge >= 0.3 is 0 Å². The van der Waals surface area contributed by atoms with Crippen LogP contribution in [0.4, 0.5) is 5.69 Å². The summed E-state index contributed by atoms with van der Waals surface area (Å²) in [6, 6.07) is 22.8. The lowest BCUT2D eigenvalue weighted by Gasteiger charge is -1.98. The summed E-state index contributed by atoms with van der Waals surface area (Å²) in [6.07, 6.45) is 1.77. The first-order valence-electron chi connectivity index (χ1n) is 7.66. The second-order valence-corrected chi connectivity index (χ2v) is 5.50. The molecule has 0 radical (unpaired) electrons. The van der Waals surface area contributed by atoms with E-state index in [0.29, 0.717) is 0 Å². The molecule has 3 aromatic carbocycles. The number of fused-ring (bicyclic) bond motifs is 1. The number of phenols is 1. The number of nitrogens with one attached hydrogen (secondary N) is 1. The summed E-state index contributed by atoms with van der Waals surface area (Å²) < 4.78 is 0. The highest BCUT2D eigenvalue weighted by molar-refractivity contribution is 5.82. The molecule has 0 fully saturated rings. The Morgan fingerprint density at radius 1 is 0.875 bits per heavy atom. The van der Waals surface area contributed by atoms with Crippen molar-refractivity contribution in [2.75, 3.05) is 0 Å². The topological polar surface area (TPSA) is 61.3 Å². The number of H-pyrrole nitrogens is 1. The van der Waals surface area contributed by atoms with Crippen LogP contribution in [0.1, 0.15) is 5.56 Å². The molecule has 0 saturated heterocycles. The van der Waals surface area contributed by atoms with Crippen LogP contribution in [0.5, 0.6) is 5.75 Å². The smallest absolute Gasteiger partial charge is 0.138 e. The van der Waals surface area contributed by atoms with E-state index in [0.717, 1.165) is 33.7 Å². The number of hydrogen-bond acceptors (Lipinski definition) is 3. The number of rotatable bonds is 3. The number of nitrogens with zero attached hydrogens (tertiary/aromatic N) is 2. The molecule has 24 heavy (non-hydrogen) atoms. The van der Waals surface area contributed by atoms with Gasteiger partial charge in [-0.15, -0.1) is 0 Å². The Morgan fingerprint density at radius 2 is 1.62 bits per heavy atom. The first-order valence-corrected chi connectivity index (χ1v) is 7.66. The maximum atomic E-state index is 9.28. The van der Waals surface area contributed by atoms with Crippen LogP contribution in [0.3, 0.4) is 0 Å². The Labute approximate surface area is 139 Å². The van der Waals surface area contributed by atoms with Gasteiger partial charge in [0, 0.05) is 11.8 Å². The molecule has 0 spiro atoms. The van der Waals surface area contributed by atoms with E-state index < -0.39 is 0 Å². The van der Waals surface area contributed by atoms with Gasteiger partial charge < -0.3 is 10.1 Å². The lowest BCUT2D eigenvalue weighted by atomic mass is 10.2. The second kappa shape index (κ2) is 6.01. The predicted molar refractivity (Wildman–Crippen MR) is 96.9 cm³/mol. The number of aliphatic imine (C=N–C) groups is 1. The van der Waals surface area contributed by atoms with Gasteiger partial charge in [0.25, 0.3) is 0 Å². The molecule has 1 heterocycles. The molecule has 4 rings (SSSR count). The molecule has 1 aromatic heterocycles. The highest BCUT2D eigenvalue weighted by Gasteiger charge is 2.04. The first-order chi connectivity index (χ1) is 11.8. The number of aromatic hydroxyl groups is 1. The van der Waals surface area contributed by atoms with Gasteiger partial charge in [-0.25, -0.2) is 4.98 Å². The molecule has 0 atom stereocenters. The molecule has 0 saturated carbocycles. The largest absolute Gasteiger partial charge is 0.508 e. The van der Waals surface area contributed by atoms with Crippen molar-refractivity contribution in [1.29, 1.82) is 0 Å². The van der Waals surface area contributed by atoms with Crippen molar-refractivity contribution in [1.82, 2.24) is 9.97 Å². The van der Waals surface area contributed by atoms with Gasteiger partial charge in [0.15, 0.2) is 0 Å². The molecule has 0 aliphatic carbocycles. The lowest BCUT2D eigenvalue weighted by Crippen LogP contribution is -1.81. The first kappa shape index (κ1) is 14.2. The van der Waals surface area contributed by atoms with Crippen LogP contribution < -0.4 is 0 Å². The highest BCUT2D eigenvalue weighted by Crippen LogP contribution is 2.23. The van der Waals surface area contributed by atoms with Gasteiger partial charge in [-0.3, -0.25) is 4.99 Å². The summed E-state index contributed by atoms with van der Waals surface area (Å²) in [7, 11) is 0. The lowest BCUT2D eigenvalue weighted by molar-refractivity contribution is 0.475. The van der Waals surface area contributed by atoms with Gasteiger partial charge in [-0.05, 0) is 66.2 Å². The molecule has 4 nitrogen and oxygen atoms in total. The molecular formula is C20H15N3O. The fraction of sp³-hybridized carbons (Fsp3) is 0. The van der Waals surface area contributed by atoms with Gasteiger partial charge in [0.05, 0.1) is 16.7 Å². The minimum absolute atomic E-state index is 0.252. The predicted octanol–water partition coefficient (Wildman–Crippen LogP) is 4.69. The number of phenolic OH excluding ortho intramolecular Hbond substituents is 1. The molecule has 4 aromatic rings. The Bertz CT molecular complexity index is 966. The summed E-state index contributed by atoms with van der Waals surface area (Å²) in [5.41, 5.74) is 4.82. The van der Waals surface area contributed by atoms with Crippen molar-refractivity contribution in [2.24, 2.45) is 4.99 Å². The van der Waals surface area contributed by atoms with Crippen LogP contribution in [-0.4, -0.2) is 21.3 Å². The van der Waals surface area contributed by atoms with Crippen molar-refractivity contribution < 1.29 is 5.11 Å². The molecule has 0 unspecified atom stereocenters. The number of benzene rings is 3. The number of para-hydroxylation sites is 2. The van der Waals surface area contributed by atoms with E-state index in [9.17, 15) is 5.11 Å². The zero-order chi connectivity index (χ0) is 16.4. The third-order valence-electron chi connectivity index (χ3n) is 3.79. The maximum Gasteiger partial charge on any atom is 0.138 e. The molecule has 0 aliphatic heterocycles. The van der Waals surface area contributed by atoms with E-state index in [1.54, 1.807) is 18.3 Å². The van der Waals surface area contributed by atoms with E-state index in [4.69, 9.17) is 0 Å². The second-order valence-electron chi connectivity index (χ2n) is 5.50. The number of aromatic amines is 1. The molecule has 2 N–H and O–H groups in total. The summed E-state index contributed by atoms with van der Waals surface area (Å²) in [5, 5.41) is 9.28. The quantitative estimate of drug-likeness (QED) is 0.539. The zero-order valence-electron chi connectivity index (χ0n) is 12.8. The van der Waals surface area contributed by atoms with Crippen molar-refractivity contribution in [2.45, 2.75) is 0 Å². The van der Waals surface area contributed by atoms with Crippen LogP contribution in [-0.2, 0) is 0 Å². The van der Waals surface area contributed by atoms with E-state index >= 15 is 0 Å². The third kappa shape index (κ3) is 2.90. The molecule has 0 amide bonds. The SMILES string of the molecule is Oc1ccc(C=Nc2ccc(-c3nc4ccccc4[nH]3)cc2)cc1. The van der Waals surface area contributed by atoms with E-state index in [1.807, 2.05) is 60.7 Å². The average molecular weight is 313 g/mol. The third-order valence-corrected chi connectivity index (χ3v) is 3.79. The average Bonchev–Trinajstić information content (AvgIpc) is 3.06. The summed E-state index contributed by atoms with van der Waals surface area (Å²) in [6.45, 7) is 0. The number of aromatic nitrogens is 2. The van der Waals surface area contributed by atoms with Gasteiger partial charge in [-0.2, -0.15) is 0 Å². The maximum absolute atomic E-state index is 9.28. The van der Waals surface area contributed by atoms with Gasteiger partial charge in [0.2, 0.25) is 0 Å². The Hall–Kier alpha value is -3.40. The molecule has 4 heteroatoms. The molecular weight excluding hydrogens is 298 g/mol. The standard InChI is InChI=1S/C20H15N3O/c24-17-11-5-14(6-12-17)13-21-16-9-7-15(8-10-16)20-22-18-3-1-2-4-19(18)23-20/h1-13,24H,(H,22,23).